The summed E-state index contributed by atoms with van der Waals surface area (Å²) in [4.78, 5) is 32.8. The maximum Gasteiger partial charge on any atom is 0.263 e. The van der Waals surface area contributed by atoms with Crippen LogP contribution in [0.25, 0.3) is 10.2 Å². The predicted molar refractivity (Wildman–Crippen MR) is 126 cm³/mol. The van der Waals surface area contributed by atoms with Gasteiger partial charge < -0.3 is 14.8 Å². The van der Waals surface area contributed by atoms with E-state index in [2.05, 4.69) is 5.32 Å². The molecule has 0 bridgehead atoms. The van der Waals surface area contributed by atoms with E-state index in [0.29, 0.717) is 17.5 Å². The van der Waals surface area contributed by atoms with Crippen LogP contribution >= 0.6 is 23.1 Å². The van der Waals surface area contributed by atoms with Crippen LogP contribution in [0.2, 0.25) is 0 Å². The van der Waals surface area contributed by atoms with Gasteiger partial charge in [-0.2, -0.15) is 0 Å². The molecule has 3 aromatic rings. The van der Waals surface area contributed by atoms with Gasteiger partial charge in [0.15, 0.2) is 16.7 Å². The lowest BCUT2D eigenvalue weighted by Gasteiger charge is -2.15. The number of nitrogens with zero attached hydrogens (tertiary/aromatic N) is 2. The molecule has 7 nitrogen and oxygen atoms in total. The van der Waals surface area contributed by atoms with Crippen molar-refractivity contribution in [2.24, 2.45) is 0 Å². The van der Waals surface area contributed by atoms with Crippen LogP contribution in [0.3, 0.4) is 0 Å². The van der Waals surface area contributed by atoms with Gasteiger partial charge >= 0.3 is 0 Å². The highest BCUT2D eigenvalue weighted by atomic mass is 32.2. The van der Waals surface area contributed by atoms with Crippen LogP contribution in [0.5, 0.6) is 11.5 Å². The smallest absolute Gasteiger partial charge is 0.263 e. The minimum atomic E-state index is -0.175. The first-order valence-electron chi connectivity index (χ1n) is 10.9. The van der Waals surface area contributed by atoms with E-state index in [1.54, 1.807) is 15.9 Å². The summed E-state index contributed by atoms with van der Waals surface area (Å²) in [5, 5.41) is 4.44. The predicted octanol–water partition coefficient (Wildman–Crippen LogP) is 4.05. The molecule has 1 atom stereocenters. The second-order valence-electron chi connectivity index (χ2n) is 8.08. The molecule has 3 heterocycles. The van der Waals surface area contributed by atoms with Crippen LogP contribution in [-0.2, 0) is 24.2 Å². The summed E-state index contributed by atoms with van der Waals surface area (Å²) < 4.78 is 12.5. The monoisotopic (exact) mass is 471 g/mol. The fraction of sp³-hybridized carbons (Fsp3) is 0.435. The van der Waals surface area contributed by atoms with Crippen molar-refractivity contribution in [3.8, 4) is 11.5 Å². The molecule has 2 aromatic heterocycles. The zero-order valence-electron chi connectivity index (χ0n) is 18.1. The lowest BCUT2D eigenvalue weighted by atomic mass is 10.1. The molecular weight excluding hydrogens is 446 g/mol. The fourth-order valence-corrected chi connectivity index (χ4v) is 6.41. The molecule has 9 heteroatoms. The van der Waals surface area contributed by atoms with Gasteiger partial charge in [0.1, 0.15) is 4.83 Å². The van der Waals surface area contributed by atoms with Crippen molar-refractivity contribution in [2.75, 3.05) is 12.5 Å². The zero-order valence-corrected chi connectivity index (χ0v) is 19.7. The van der Waals surface area contributed by atoms with Crippen LogP contribution in [0, 0.1) is 0 Å². The molecule has 0 spiro atoms. The summed E-state index contributed by atoms with van der Waals surface area (Å²) in [6, 6.07) is 5.50. The van der Waals surface area contributed by atoms with E-state index >= 15 is 0 Å². The minimum Gasteiger partial charge on any atom is -0.454 e. The highest BCUT2D eigenvalue weighted by Gasteiger charge is 2.24. The number of ether oxygens (including phenoxy) is 2. The Labute approximate surface area is 194 Å². The Bertz CT molecular complexity index is 1250. The fourth-order valence-electron chi connectivity index (χ4n) is 4.27. The summed E-state index contributed by atoms with van der Waals surface area (Å²) >= 11 is 2.96. The van der Waals surface area contributed by atoms with Crippen molar-refractivity contribution in [3.63, 3.8) is 0 Å². The van der Waals surface area contributed by atoms with E-state index in [1.165, 1.54) is 22.2 Å². The molecule has 1 amide bonds. The number of nitrogens with one attached hydrogen (secondary N) is 1. The number of aryl methyl sites for hydroxylation is 2. The first-order chi connectivity index (χ1) is 15.5. The molecule has 0 fully saturated rings. The molecule has 0 saturated carbocycles. The Kier molecular flexibility index (Phi) is 5.86. The third-order valence-corrected chi connectivity index (χ3v) is 8.01. The summed E-state index contributed by atoms with van der Waals surface area (Å²) in [7, 11) is 0. The van der Waals surface area contributed by atoms with E-state index in [4.69, 9.17) is 14.5 Å². The van der Waals surface area contributed by atoms with Crippen LogP contribution in [0.15, 0.2) is 28.2 Å². The minimum absolute atomic E-state index is 0.0351. The number of carbonyl (C=O) groups is 1. The lowest BCUT2D eigenvalue weighted by molar-refractivity contribution is -0.119. The maximum atomic E-state index is 13.3. The molecule has 168 valence electrons. The molecule has 1 aromatic carbocycles. The van der Waals surface area contributed by atoms with Gasteiger partial charge in [-0.05, 0) is 55.9 Å². The van der Waals surface area contributed by atoms with E-state index in [0.717, 1.165) is 47.2 Å². The van der Waals surface area contributed by atoms with E-state index in [1.807, 2.05) is 32.0 Å². The number of hydrogen-bond donors (Lipinski definition) is 1. The van der Waals surface area contributed by atoms with E-state index in [-0.39, 0.29) is 30.1 Å². The van der Waals surface area contributed by atoms with Crippen molar-refractivity contribution >= 4 is 39.2 Å². The quantitative estimate of drug-likeness (QED) is 0.413. The molecule has 1 aliphatic heterocycles. The number of amides is 1. The summed E-state index contributed by atoms with van der Waals surface area (Å²) in [6.45, 7) is 4.80. The summed E-state index contributed by atoms with van der Waals surface area (Å²) in [5.41, 5.74) is 2.18. The van der Waals surface area contributed by atoms with Crippen molar-refractivity contribution in [1.29, 1.82) is 0 Å². The zero-order chi connectivity index (χ0) is 22.2. The Morgan fingerprint density at radius 1 is 1.31 bits per heavy atom. The molecule has 1 unspecified atom stereocenters. The SMILES string of the molecule is CCCn1c(SCC(=O)NC(C)c2ccc3c(c2)OCO3)nc2sc3c(c2c1=O)CCC3. The number of rotatable bonds is 7. The van der Waals surface area contributed by atoms with E-state index < -0.39 is 0 Å². The summed E-state index contributed by atoms with van der Waals surface area (Å²) in [5.74, 6) is 1.51. The molecule has 5 rings (SSSR count). The van der Waals surface area contributed by atoms with Gasteiger partial charge in [0.2, 0.25) is 12.7 Å². The molecular formula is C23H25N3O4S2. The first-order valence-corrected chi connectivity index (χ1v) is 12.7. The number of thiophene rings is 1. The molecule has 0 saturated heterocycles. The van der Waals surface area contributed by atoms with Crippen molar-refractivity contribution in [2.45, 2.75) is 57.3 Å². The van der Waals surface area contributed by atoms with E-state index in [9.17, 15) is 9.59 Å². The Morgan fingerprint density at radius 3 is 3.00 bits per heavy atom. The number of aromatic nitrogens is 2. The average molecular weight is 472 g/mol. The summed E-state index contributed by atoms with van der Waals surface area (Å²) in [6.07, 6.45) is 3.94. The second kappa shape index (κ2) is 8.78. The number of carbonyl (C=O) groups excluding carboxylic acids is 1. The van der Waals surface area contributed by atoms with Crippen molar-refractivity contribution < 1.29 is 14.3 Å². The standard InChI is InChI=1S/C23H25N3O4S2/c1-3-9-26-22(28)20-15-5-4-6-18(15)32-21(20)25-23(26)31-11-19(27)24-13(2)14-7-8-16-17(10-14)30-12-29-16/h7-8,10,13H,3-6,9,11-12H2,1-2H3,(H,24,27). The van der Waals surface area contributed by atoms with Gasteiger partial charge in [-0.1, -0.05) is 24.8 Å². The number of hydrogen-bond acceptors (Lipinski definition) is 7. The molecule has 2 aliphatic rings. The molecule has 1 aliphatic carbocycles. The van der Waals surface area contributed by atoms with Gasteiger partial charge in [0.05, 0.1) is 17.2 Å². The first kappa shape index (κ1) is 21.3. The number of thioether (sulfide) groups is 1. The second-order valence-corrected chi connectivity index (χ2v) is 10.1. The highest BCUT2D eigenvalue weighted by molar-refractivity contribution is 7.99. The maximum absolute atomic E-state index is 13.3. The Morgan fingerprint density at radius 2 is 2.16 bits per heavy atom. The Balaban J connectivity index is 1.31. The highest BCUT2D eigenvalue weighted by Crippen LogP contribution is 2.36. The van der Waals surface area contributed by atoms with Gasteiger partial charge in [0.25, 0.3) is 5.56 Å². The number of benzene rings is 1. The lowest BCUT2D eigenvalue weighted by Crippen LogP contribution is -2.29. The normalized spacial score (nSPS) is 15.2. The largest absolute Gasteiger partial charge is 0.454 e. The van der Waals surface area contributed by atoms with Crippen LogP contribution in [0.1, 0.15) is 48.7 Å². The van der Waals surface area contributed by atoms with Gasteiger partial charge in [0, 0.05) is 11.4 Å². The van der Waals surface area contributed by atoms with Crippen molar-refractivity contribution in [3.05, 3.63) is 44.6 Å². The number of fused-ring (bicyclic) bond motifs is 4. The third kappa shape index (κ3) is 3.88. The molecule has 32 heavy (non-hydrogen) atoms. The Hall–Kier alpha value is -2.52. The van der Waals surface area contributed by atoms with Crippen LogP contribution in [0.4, 0.5) is 0 Å². The van der Waals surface area contributed by atoms with Gasteiger partial charge in [-0.15, -0.1) is 11.3 Å². The molecule has 0 radical (unpaired) electrons. The third-order valence-electron chi connectivity index (χ3n) is 5.84. The van der Waals surface area contributed by atoms with Crippen LogP contribution in [-0.4, -0.2) is 28.0 Å². The van der Waals surface area contributed by atoms with Gasteiger partial charge in [-0.3, -0.25) is 14.2 Å². The van der Waals surface area contributed by atoms with Crippen molar-refractivity contribution in [1.82, 2.24) is 14.9 Å². The van der Waals surface area contributed by atoms with Gasteiger partial charge in [-0.25, -0.2) is 4.98 Å². The average Bonchev–Trinajstić information content (AvgIpc) is 3.49. The topological polar surface area (TPSA) is 82.5 Å². The molecule has 1 N–H and O–H groups in total. The van der Waals surface area contributed by atoms with Crippen LogP contribution < -0.4 is 20.3 Å².